The Balaban J connectivity index is 2.04. The maximum Gasteiger partial charge on any atom is 0.471 e. The standard InChI is InChI=1S/C12H16F3NO4/c13-12(14,15)10(19)16-8(9(17)18)7-2-5-20-11(6-7)3-1-4-11/h7-8H,1-6H2,(H,16,19)(H,17,18). The Morgan fingerprint density at radius 3 is 2.45 bits per heavy atom. The number of alkyl halides is 3. The number of halogens is 3. The molecule has 0 bridgehead atoms. The van der Waals surface area contributed by atoms with Crippen molar-refractivity contribution in [2.75, 3.05) is 6.61 Å². The predicted octanol–water partition coefficient (Wildman–Crippen LogP) is 1.47. The minimum absolute atomic E-state index is 0.316. The maximum absolute atomic E-state index is 12.2. The molecule has 1 heterocycles. The van der Waals surface area contributed by atoms with Crippen molar-refractivity contribution in [2.24, 2.45) is 5.92 Å². The fourth-order valence-electron chi connectivity index (χ4n) is 2.87. The van der Waals surface area contributed by atoms with E-state index < -0.39 is 30.0 Å². The van der Waals surface area contributed by atoms with Gasteiger partial charge in [0.2, 0.25) is 0 Å². The Bertz CT molecular complexity index is 406. The van der Waals surface area contributed by atoms with Gasteiger partial charge in [-0.05, 0) is 38.0 Å². The minimum atomic E-state index is -5.08. The number of rotatable bonds is 3. The van der Waals surface area contributed by atoms with E-state index in [2.05, 4.69) is 0 Å². The van der Waals surface area contributed by atoms with Crippen LogP contribution in [0.4, 0.5) is 13.2 Å². The second kappa shape index (κ2) is 5.23. The molecule has 2 fully saturated rings. The number of carbonyl (C=O) groups excluding carboxylic acids is 1. The van der Waals surface area contributed by atoms with Crippen LogP contribution < -0.4 is 5.32 Å². The van der Waals surface area contributed by atoms with Crippen LogP contribution in [0.1, 0.15) is 32.1 Å². The molecule has 0 aromatic heterocycles. The molecule has 0 aromatic carbocycles. The molecule has 5 nitrogen and oxygen atoms in total. The van der Waals surface area contributed by atoms with Gasteiger partial charge in [0.25, 0.3) is 0 Å². The van der Waals surface area contributed by atoms with E-state index in [-0.39, 0.29) is 5.60 Å². The lowest BCUT2D eigenvalue weighted by molar-refractivity contribution is -0.179. The summed E-state index contributed by atoms with van der Waals surface area (Å²) in [6.07, 6.45) is -1.81. The van der Waals surface area contributed by atoms with Crippen molar-refractivity contribution >= 4 is 11.9 Å². The van der Waals surface area contributed by atoms with Gasteiger partial charge in [0.1, 0.15) is 6.04 Å². The van der Waals surface area contributed by atoms with Gasteiger partial charge >= 0.3 is 18.1 Å². The van der Waals surface area contributed by atoms with E-state index in [1.165, 1.54) is 0 Å². The van der Waals surface area contributed by atoms with E-state index >= 15 is 0 Å². The van der Waals surface area contributed by atoms with Gasteiger partial charge in [-0.3, -0.25) is 4.79 Å². The first-order valence-electron chi connectivity index (χ1n) is 6.48. The Hall–Kier alpha value is -1.31. The summed E-state index contributed by atoms with van der Waals surface area (Å²) in [6.45, 7) is 0.316. The zero-order chi connectivity index (χ0) is 15.0. The third-order valence-corrected chi connectivity index (χ3v) is 4.08. The Morgan fingerprint density at radius 1 is 1.35 bits per heavy atom. The Kier molecular flexibility index (Phi) is 3.95. The largest absolute Gasteiger partial charge is 0.480 e. The summed E-state index contributed by atoms with van der Waals surface area (Å²) in [7, 11) is 0. The molecule has 1 saturated heterocycles. The van der Waals surface area contributed by atoms with Crippen LogP contribution in [0.25, 0.3) is 0 Å². The van der Waals surface area contributed by atoms with Crippen LogP contribution >= 0.6 is 0 Å². The average Bonchev–Trinajstić information content (AvgIpc) is 2.32. The molecule has 1 saturated carbocycles. The number of carboxylic acids is 1. The van der Waals surface area contributed by atoms with Crippen molar-refractivity contribution in [3.05, 3.63) is 0 Å². The summed E-state index contributed by atoms with van der Waals surface area (Å²) in [5, 5.41) is 10.7. The number of aliphatic carboxylic acids is 1. The quantitative estimate of drug-likeness (QED) is 0.826. The minimum Gasteiger partial charge on any atom is -0.480 e. The van der Waals surface area contributed by atoms with Crippen molar-refractivity contribution in [3.8, 4) is 0 Å². The third kappa shape index (κ3) is 3.05. The number of hydrogen-bond donors (Lipinski definition) is 2. The highest BCUT2D eigenvalue weighted by atomic mass is 19.4. The molecular weight excluding hydrogens is 279 g/mol. The maximum atomic E-state index is 12.2. The van der Waals surface area contributed by atoms with E-state index in [0.29, 0.717) is 19.4 Å². The molecule has 114 valence electrons. The van der Waals surface area contributed by atoms with Gasteiger partial charge in [-0.2, -0.15) is 13.2 Å². The summed E-state index contributed by atoms with van der Waals surface area (Å²) >= 11 is 0. The molecule has 1 aliphatic heterocycles. The lowest BCUT2D eigenvalue weighted by atomic mass is 9.70. The van der Waals surface area contributed by atoms with Crippen LogP contribution in [0, 0.1) is 5.92 Å². The zero-order valence-corrected chi connectivity index (χ0v) is 10.7. The molecule has 0 radical (unpaired) electrons. The van der Waals surface area contributed by atoms with E-state index in [4.69, 9.17) is 9.84 Å². The molecule has 0 aromatic rings. The Labute approximate surface area is 113 Å². The summed E-state index contributed by atoms with van der Waals surface area (Å²) in [5.41, 5.74) is -0.389. The molecule has 2 atom stereocenters. The van der Waals surface area contributed by atoms with Crippen molar-refractivity contribution in [2.45, 2.75) is 49.9 Å². The van der Waals surface area contributed by atoms with Crippen LogP contribution in [-0.2, 0) is 14.3 Å². The molecular formula is C12H16F3NO4. The summed E-state index contributed by atoms with van der Waals surface area (Å²) in [6, 6.07) is -1.52. The fraction of sp³-hybridized carbons (Fsp3) is 0.833. The van der Waals surface area contributed by atoms with Crippen LogP contribution in [0.2, 0.25) is 0 Å². The van der Waals surface area contributed by atoms with Crippen molar-refractivity contribution in [1.82, 2.24) is 5.32 Å². The molecule has 2 N–H and O–H groups in total. The first-order valence-corrected chi connectivity index (χ1v) is 6.48. The van der Waals surface area contributed by atoms with E-state index in [0.717, 1.165) is 19.3 Å². The van der Waals surface area contributed by atoms with Gasteiger partial charge in [0, 0.05) is 6.61 Å². The van der Waals surface area contributed by atoms with Gasteiger partial charge in [-0.15, -0.1) is 0 Å². The van der Waals surface area contributed by atoms with E-state index in [1.54, 1.807) is 5.32 Å². The molecule has 8 heteroatoms. The summed E-state index contributed by atoms with van der Waals surface area (Å²) in [5.74, 6) is -4.18. The molecule has 2 unspecified atom stereocenters. The monoisotopic (exact) mass is 295 g/mol. The number of carboxylic acid groups (broad SMARTS) is 1. The second-order valence-electron chi connectivity index (χ2n) is 5.43. The molecule has 1 aliphatic carbocycles. The van der Waals surface area contributed by atoms with Gasteiger partial charge in [-0.25, -0.2) is 4.79 Å². The highest BCUT2D eigenvalue weighted by Crippen LogP contribution is 2.45. The fourth-order valence-corrected chi connectivity index (χ4v) is 2.87. The highest BCUT2D eigenvalue weighted by Gasteiger charge is 2.48. The smallest absolute Gasteiger partial charge is 0.471 e. The van der Waals surface area contributed by atoms with Crippen LogP contribution in [-0.4, -0.2) is 41.4 Å². The summed E-state index contributed by atoms with van der Waals surface area (Å²) < 4.78 is 42.3. The van der Waals surface area contributed by atoms with Gasteiger partial charge < -0.3 is 15.2 Å². The van der Waals surface area contributed by atoms with Crippen LogP contribution in [0.15, 0.2) is 0 Å². The molecule has 1 amide bonds. The average molecular weight is 295 g/mol. The molecule has 2 aliphatic rings. The second-order valence-corrected chi connectivity index (χ2v) is 5.43. The Morgan fingerprint density at radius 2 is 2.00 bits per heavy atom. The molecule has 2 rings (SSSR count). The van der Waals surface area contributed by atoms with Crippen LogP contribution in [0.3, 0.4) is 0 Å². The summed E-state index contributed by atoms with van der Waals surface area (Å²) in [4.78, 5) is 22.1. The number of hydrogen-bond acceptors (Lipinski definition) is 3. The molecule has 20 heavy (non-hydrogen) atoms. The lowest BCUT2D eigenvalue weighted by Crippen LogP contribution is -2.55. The number of carbonyl (C=O) groups is 2. The first-order chi connectivity index (χ1) is 9.23. The van der Waals surface area contributed by atoms with Crippen LogP contribution in [0.5, 0.6) is 0 Å². The SMILES string of the molecule is O=C(O)C(NC(=O)C(F)(F)F)C1CCOC2(CCC2)C1. The topological polar surface area (TPSA) is 75.6 Å². The molecule has 1 spiro atoms. The number of amides is 1. The van der Waals surface area contributed by atoms with E-state index in [1.807, 2.05) is 0 Å². The zero-order valence-electron chi connectivity index (χ0n) is 10.7. The predicted molar refractivity (Wildman–Crippen MR) is 60.9 cm³/mol. The van der Waals surface area contributed by atoms with Crippen molar-refractivity contribution < 1.29 is 32.6 Å². The lowest BCUT2D eigenvalue weighted by Gasteiger charge is -2.48. The van der Waals surface area contributed by atoms with Crippen molar-refractivity contribution in [3.63, 3.8) is 0 Å². The normalized spacial score (nSPS) is 26.6. The highest BCUT2D eigenvalue weighted by molar-refractivity contribution is 5.87. The van der Waals surface area contributed by atoms with Gasteiger partial charge in [-0.1, -0.05) is 0 Å². The first kappa shape index (κ1) is 15.1. The van der Waals surface area contributed by atoms with Crippen molar-refractivity contribution in [1.29, 1.82) is 0 Å². The van der Waals surface area contributed by atoms with Gasteiger partial charge in [0.05, 0.1) is 5.60 Å². The van der Waals surface area contributed by atoms with E-state index in [9.17, 15) is 22.8 Å². The number of nitrogens with one attached hydrogen (secondary N) is 1. The third-order valence-electron chi connectivity index (χ3n) is 4.08. The van der Waals surface area contributed by atoms with Gasteiger partial charge in [0.15, 0.2) is 0 Å². The number of ether oxygens (including phenoxy) is 1.